The van der Waals surface area contributed by atoms with E-state index in [4.69, 9.17) is 0 Å². The number of rotatable bonds is 1. The minimum absolute atomic E-state index is 0.985. The quantitative estimate of drug-likeness (QED) is 0.656. The Kier molecular flexibility index (Phi) is 2.81. The van der Waals surface area contributed by atoms with E-state index in [2.05, 4.69) is 39.5 Å². The molecule has 8 atom stereocenters. The third-order valence-corrected chi connectivity index (χ3v) is 7.96. The molecule has 1 heteroatoms. The summed E-state index contributed by atoms with van der Waals surface area (Å²) in [6.07, 6.45) is 3.03. The molecule has 16 heavy (non-hydrogen) atoms. The molecule has 2 bridgehead atoms. The number of hydrogen-bond acceptors (Lipinski definition) is 1. The van der Waals surface area contributed by atoms with Gasteiger partial charge in [-0.05, 0) is 60.0 Å². The molecule has 3 aliphatic rings. The van der Waals surface area contributed by atoms with Crippen LogP contribution in [0.2, 0.25) is 0 Å². The minimum atomic E-state index is 0.985. The van der Waals surface area contributed by atoms with Crippen LogP contribution in [0.3, 0.4) is 0 Å². The zero-order valence-electron chi connectivity index (χ0n) is 11.1. The van der Waals surface area contributed by atoms with Crippen molar-refractivity contribution in [1.29, 1.82) is 0 Å². The van der Waals surface area contributed by atoms with Crippen molar-refractivity contribution in [3.05, 3.63) is 0 Å². The fraction of sp³-hybridized carbons (Fsp3) is 1.00. The molecule has 1 saturated heterocycles. The van der Waals surface area contributed by atoms with Crippen molar-refractivity contribution in [3.8, 4) is 0 Å². The van der Waals surface area contributed by atoms with Gasteiger partial charge in [0.2, 0.25) is 0 Å². The van der Waals surface area contributed by atoms with E-state index in [1.54, 1.807) is 6.42 Å². The Bertz CT molecular complexity index is 275. The number of thioether (sulfide) groups is 1. The standard InChI is InChI=1S/C15H26S/c1-8-5-6-16-15(8)14-11(4)12-7-13(14)10(3)9(12)2/h8-15H,5-7H2,1-4H3. The lowest BCUT2D eigenvalue weighted by atomic mass is 9.67. The summed E-state index contributed by atoms with van der Waals surface area (Å²) in [5.74, 6) is 8.59. The van der Waals surface area contributed by atoms with Gasteiger partial charge in [0.1, 0.15) is 0 Å². The third kappa shape index (κ3) is 1.43. The molecule has 0 spiro atoms. The Morgan fingerprint density at radius 3 is 2.12 bits per heavy atom. The van der Waals surface area contributed by atoms with Gasteiger partial charge >= 0.3 is 0 Å². The Hall–Kier alpha value is 0.350. The maximum absolute atomic E-state index is 2.56. The first-order valence-corrected chi connectivity index (χ1v) is 8.27. The lowest BCUT2D eigenvalue weighted by molar-refractivity contribution is 0.116. The second kappa shape index (κ2) is 3.93. The van der Waals surface area contributed by atoms with Crippen molar-refractivity contribution in [2.24, 2.45) is 41.4 Å². The van der Waals surface area contributed by atoms with E-state index < -0.39 is 0 Å². The van der Waals surface area contributed by atoms with Crippen LogP contribution < -0.4 is 0 Å². The minimum Gasteiger partial charge on any atom is -0.158 e. The van der Waals surface area contributed by atoms with E-state index in [1.165, 1.54) is 12.2 Å². The molecule has 0 aromatic rings. The SMILES string of the molecule is CC1CCSC1C1C(C)C2CC1C(C)C2C. The molecular formula is C15H26S. The highest BCUT2D eigenvalue weighted by atomic mass is 32.2. The van der Waals surface area contributed by atoms with Crippen molar-refractivity contribution >= 4 is 11.8 Å². The average Bonchev–Trinajstić information content (AvgIpc) is 2.86. The molecule has 0 aromatic heterocycles. The molecule has 0 amide bonds. The monoisotopic (exact) mass is 238 g/mol. The van der Waals surface area contributed by atoms with Gasteiger partial charge in [0.25, 0.3) is 0 Å². The van der Waals surface area contributed by atoms with Gasteiger partial charge in [0, 0.05) is 5.25 Å². The molecule has 0 N–H and O–H groups in total. The van der Waals surface area contributed by atoms with Crippen LogP contribution in [0, 0.1) is 41.4 Å². The fourth-order valence-electron chi connectivity index (χ4n) is 5.15. The number of fused-ring (bicyclic) bond motifs is 2. The van der Waals surface area contributed by atoms with Crippen LogP contribution >= 0.6 is 11.8 Å². The summed E-state index contributed by atoms with van der Waals surface area (Å²) in [5.41, 5.74) is 0. The van der Waals surface area contributed by atoms with Crippen LogP contribution in [0.15, 0.2) is 0 Å². The Morgan fingerprint density at radius 1 is 0.875 bits per heavy atom. The van der Waals surface area contributed by atoms with E-state index in [9.17, 15) is 0 Å². The van der Waals surface area contributed by atoms with Crippen LogP contribution in [0.1, 0.15) is 40.5 Å². The summed E-state index contributed by atoms with van der Waals surface area (Å²) in [6.45, 7) is 10.1. The summed E-state index contributed by atoms with van der Waals surface area (Å²) >= 11 is 2.29. The smallest absolute Gasteiger partial charge is 0.0107 e. The first-order valence-electron chi connectivity index (χ1n) is 7.23. The maximum atomic E-state index is 2.56. The summed E-state index contributed by atoms with van der Waals surface area (Å²) in [6, 6.07) is 0. The molecule has 2 aliphatic carbocycles. The van der Waals surface area contributed by atoms with E-state index >= 15 is 0 Å². The van der Waals surface area contributed by atoms with Gasteiger partial charge in [-0.3, -0.25) is 0 Å². The molecule has 0 aromatic carbocycles. The van der Waals surface area contributed by atoms with Crippen LogP contribution in [0.25, 0.3) is 0 Å². The lowest BCUT2D eigenvalue weighted by Gasteiger charge is -2.41. The first-order chi connectivity index (χ1) is 7.61. The second-order valence-corrected chi connectivity index (χ2v) is 8.11. The molecule has 1 aliphatic heterocycles. The summed E-state index contributed by atoms with van der Waals surface area (Å²) in [4.78, 5) is 0. The maximum Gasteiger partial charge on any atom is 0.0107 e. The van der Waals surface area contributed by atoms with Crippen LogP contribution in [0.4, 0.5) is 0 Å². The van der Waals surface area contributed by atoms with Crippen LogP contribution in [0.5, 0.6) is 0 Å². The van der Waals surface area contributed by atoms with Gasteiger partial charge in [0.15, 0.2) is 0 Å². The first kappa shape index (κ1) is 11.4. The van der Waals surface area contributed by atoms with Crippen molar-refractivity contribution in [2.45, 2.75) is 45.8 Å². The Morgan fingerprint density at radius 2 is 1.56 bits per heavy atom. The Labute approximate surface area is 105 Å². The van der Waals surface area contributed by atoms with E-state index in [1.807, 2.05) is 0 Å². The van der Waals surface area contributed by atoms with Crippen molar-refractivity contribution in [1.82, 2.24) is 0 Å². The molecule has 2 saturated carbocycles. The molecule has 3 fully saturated rings. The van der Waals surface area contributed by atoms with E-state index in [0.717, 1.165) is 46.7 Å². The van der Waals surface area contributed by atoms with Crippen molar-refractivity contribution in [3.63, 3.8) is 0 Å². The highest BCUT2D eigenvalue weighted by molar-refractivity contribution is 8.00. The predicted molar refractivity (Wildman–Crippen MR) is 72.6 cm³/mol. The topological polar surface area (TPSA) is 0 Å². The van der Waals surface area contributed by atoms with Gasteiger partial charge < -0.3 is 0 Å². The fourth-order valence-corrected chi connectivity index (χ4v) is 7.07. The molecule has 0 nitrogen and oxygen atoms in total. The molecular weight excluding hydrogens is 212 g/mol. The van der Waals surface area contributed by atoms with Gasteiger partial charge in [-0.25, -0.2) is 0 Å². The van der Waals surface area contributed by atoms with Crippen LogP contribution in [-0.4, -0.2) is 11.0 Å². The highest BCUT2D eigenvalue weighted by Crippen LogP contribution is 2.61. The van der Waals surface area contributed by atoms with Crippen LogP contribution in [-0.2, 0) is 0 Å². The van der Waals surface area contributed by atoms with Crippen molar-refractivity contribution in [2.75, 3.05) is 5.75 Å². The van der Waals surface area contributed by atoms with Crippen molar-refractivity contribution < 1.29 is 0 Å². The molecule has 1 heterocycles. The second-order valence-electron chi connectivity index (χ2n) is 6.82. The number of hydrogen-bond donors (Lipinski definition) is 0. The molecule has 0 radical (unpaired) electrons. The van der Waals surface area contributed by atoms with Gasteiger partial charge in [-0.2, -0.15) is 11.8 Å². The molecule has 8 unspecified atom stereocenters. The predicted octanol–water partition coefficient (Wildman–Crippen LogP) is 4.30. The summed E-state index contributed by atoms with van der Waals surface area (Å²) < 4.78 is 0. The average molecular weight is 238 g/mol. The van der Waals surface area contributed by atoms with E-state index in [-0.39, 0.29) is 0 Å². The summed E-state index contributed by atoms with van der Waals surface area (Å²) in [7, 11) is 0. The van der Waals surface area contributed by atoms with E-state index in [0.29, 0.717) is 0 Å². The van der Waals surface area contributed by atoms with Gasteiger partial charge in [0.05, 0.1) is 0 Å². The zero-order valence-corrected chi connectivity index (χ0v) is 12.0. The summed E-state index contributed by atoms with van der Waals surface area (Å²) in [5, 5.41) is 1.000. The molecule has 3 rings (SSSR count). The Balaban J connectivity index is 1.82. The third-order valence-electron chi connectivity index (χ3n) is 6.32. The van der Waals surface area contributed by atoms with Gasteiger partial charge in [-0.1, -0.05) is 27.7 Å². The zero-order chi connectivity index (χ0) is 11.4. The lowest BCUT2D eigenvalue weighted by Crippen LogP contribution is -2.37. The highest BCUT2D eigenvalue weighted by Gasteiger charge is 2.56. The molecule has 92 valence electrons. The largest absolute Gasteiger partial charge is 0.158 e. The van der Waals surface area contributed by atoms with Gasteiger partial charge in [-0.15, -0.1) is 0 Å². The normalized spacial score (nSPS) is 60.8.